The summed E-state index contributed by atoms with van der Waals surface area (Å²) in [7, 11) is 0. The smallest absolute Gasteiger partial charge is 0.131 e. The first-order chi connectivity index (χ1) is 5.29. The molecule has 0 fully saturated rings. The van der Waals surface area contributed by atoms with Crippen molar-refractivity contribution < 1.29 is 4.39 Å². The average molecular weight is 213 g/mol. The molecule has 0 aromatic heterocycles. The molecule has 2 heteroatoms. The molecule has 0 saturated carbocycles. The number of rotatable bonds is 0. The van der Waals surface area contributed by atoms with E-state index in [0.717, 1.165) is 10.4 Å². The van der Waals surface area contributed by atoms with Crippen molar-refractivity contribution in [2.45, 2.75) is 0 Å². The van der Waals surface area contributed by atoms with Crippen molar-refractivity contribution in [3.63, 3.8) is 0 Å². The maximum Gasteiger partial charge on any atom is 0.131 e. The lowest BCUT2D eigenvalue weighted by Crippen LogP contribution is -1.90. The monoisotopic (exact) mass is 212 g/mol. The maximum absolute atomic E-state index is 12.0. The topological polar surface area (TPSA) is 0 Å². The Kier molecular flexibility index (Phi) is 2.67. The molecular formula is C9H6BrF. The van der Waals surface area contributed by atoms with Gasteiger partial charge in [-0.2, -0.15) is 0 Å². The molecule has 0 saturated heterocycles. The number of hydrogen-bond donors (Lipinski definition) is 0. The van der Waals surface area contributed by atoms with Crippen LogP contribution >= 0.6 is 15.9 Å². The van der Waals surface area contributed by atoms with Gasteiger partial charge in [-0.1, -0.05) is 34.0 Å². The van der Waals surface area contributed by atoms with Crippen molar-refractivity contribution in [2.24, 2.45) is 0 Å². The first kappa shape index (κ1) is 8.29. The van der Waals surface area contributed by atoms with Gasteiger partial charge in [-0.15, -0.1) is 6.42 Å². The van der Waals surface area contributed by atoms with Gasteiger partial charge in [0.2, 0.25) is 0 Å². The van der Waals surface area contributed by atoms with E-state index in [9.17, 15) is 4.39 Å². The molecule has 0 atom stereocenters. The Morgan fingerprint density at radius 2 is 2.18 bits per heavy atom. The van der Waals surface area contributed by atoms with Gasteiger partial charge in [-0.05, 0) is 11.3 Å². The van der Waals surface area contributed by atoms with E-state index in [-0.39, 0.29) is 5.82 Å². The van der Waals surface area contributed by atoms with Gasteiger partial charge < -0.3 is 0 Å². The second kappa shape index (κ2) is 3.54. The van der Waals surface area contributed by atoms with Gasteiger partial charge in [-0.3, -0.25) is 0 Å². The Balaban J connectivity index is 0.000000134. The molecule has 0 N–H and O–H groups in total. The molecule has 0 aromatic carbocycles. The highest BCUT2D eigenvalue weighted by atomic mass is 79.9. The fraction of sp³-hybridized carbons (Fsp3) is 0.111. The Morgan fingerprint density at radius 1 is 1.55 bits per heavy atom. The van der Waals surface area contributed by atoms with Crippen LogP contribution in [0.2, 0.25) is 0 Å². The Hall–Kier alpha value is -0.810. The van der Waals surface area contributed by atoms with Crippen LogP contribution in [0.1, 0.15) is 0 Å². The van der Waals surface area contributed by atoms with Crippen LogP contribution in [-0.2, 0) is 0 Å². The number of terminal acetylenes is 1. The molecule has 0 aromatic rings. The fourth-order valence-electron chi connectivity index (χ4n) is 0.743. The van der Waals surface area contributed by atoms with Gasteiger partial charge in [0.1, 0.15) is 5.82 Å². The molecule has 0 radical (unpaired) electrons. The molecule has 2 aliphatic rings. The fourth-order valence-corrected chi connectivity index (χ4v) is 0.743. The standard InChI is InChI=1S/C6H3F.C3H3Br/c7-6-3-4-1-2-5(4)6;1-2-3-4/h1-3H;1H,3H2. The zero-order valence-electron chi connectivity index (χ0n) is 5.77. The van der Waals surface area contributed by atoms with Crippen LogP contribution in [0.3, 0.4) is 0 Å². The van der Waals surface area contributed by atoms with Gasteiger partial charge >= 0.3 is 0 Å². The highest BCUT2D eigenvalue weighted by Gasteiger charge is 2.01. The first-order valence-corrected chi connectivity index (χ1v) is 4.21. The maximum atomic E-state index is 12.0. The zero-order valence-corrected chi connectivity index (χ0v) is 7.36. The minimum absolute atomic E-state index is 0.0579. The van der Waals surface area contributed by atoms with E-state index in [1.54, 1.807) is 6.07 Å². The molecule has 2 aliphatic carbocycles. The molecule has 0 bridgehead atoms. The lowest BCUT2D eigenvalue weighted by atomic mass is 10.1. The van der Waals surface area contributed by atoms with Gasteiger partial charge in [0.05, 0.1) is 5.33 Å². The van der Waals surface area contributed by atoms with Crippen molar-refractivity contribution >= 4 is 15.9 Å². The molecule has 0 aliphatic heterocycles. The quantitative estimate of drug-likeness (QED) is 0.465. The van der Waals surface area contributed by atoms with Crippen molar-refractivity contribution in [1.29, 1.82) is 0 Å². The molecule has 0 unspecified atom stereocenters. The molecule has 0 nitrogen and oxygen atoms in total. The summed E-state index contributed by atoms with van der Waals surface area (Å²) in [6, 6.07) is 5.22. The van der Waals surface area contributed by atoms with Crippen LogP contribution in [-0.4, -0.2) is 5.33 Å². The van der Waals surface area contributed by atoms with Crippen LogP contribution in [0.15, 0.2) is 18.2 Å². The largest absolute Gasteiger partial charge is 0.206 e. The summed E-state index contributed by atoms with van der Waals surface area (Å²) in [4.78, 5) is 0. The van der Waals surface area contributed by atoms with Crippen LogP contribution in [0.5, 0.6) is 0 Å². The Bertz CT molecular complexity index is 376. The minimum Gasteiger partial charge on any atom is -0.206 e. The van der Waals surface area contributed by atoms with E-state index in [2.05, 4.69) is 21.9 Å². The van der Waals surface area contributed by atoms with Crippen LogP contribution in [0.25, 0.3) is 0 Å². The second-order valence-electron chi connectivity index (χ2n) is 2.03. The highest BCUT2D eigenvalue weighted by molar-refractivity contribution is 9.09. The van der Waals surface area contributed by atoms with Gasteiger partial charge in [0.15, 0.2) is 0 Å². The SMILES string of the molecule is C#CCBr.Fc1cc2ccc1=2. The van der Waals surface area contributed by atoms with E-state index < -0.39 is 0 Å². The molecule has 11 heavy (non-hydrogen) atoms. The van der Waals surface area contributed by atoms with Crippen molar-refractivity contribution in [2.75, 3.05) is 5.33 Å². The van der Waals surface area contributed by atoms with Crippen LogP contribution < -0.4 is 0 Å². The third-order valence-corrected chi connectivity index (χ3v) is 1.68. The van der Waals surface area contributed by atoms with Crippen LogP contribution in [0.4, 0.5) is 4.39 Å². The lowest BCUT2D eigenvalue weighted by Gasteiger charge is -2.00. The predicted molar refractivity (Wildman–Crippen MR) is 46.7 cm³/mol. The van der Waals surface area contributed by atoms with E-state index in [0.29, 0.717) is 5.33 Å². The normalized spacial score (nSPS) is 9.18. The number of halogens is 2. The van der Waals surface area contributed by atoms with E-state index >= 15 is 0 Å². The first-order valence-electron chi connectivity index (χ1n) is 3.09. The van der Waals surface area contributed by atoms with E-state index in [1.165, 1.54) is 6.07 Å². The third kappa shape index (κ3) is 1.61. The van der Waals surface area contributed by atoms with Crippen molar-refractivity contribution in [1.82, 2.24) is 0 Å². The zero-order chi connectivity index (χ0) is 8.27. The van der Waals surface area contributed by atoms with Gasteiger partial charge in [-0.25, -0.2) is 4.39 Å². The Labute approximate surface area is 72.9 Å². The number of alkyl halides is 1. The van der Waals surface area contributed by atoms with Gasteiger partial charge in [0.25, 0.3) is 0 Å². The minimum atomic E-state index is -0.0579. The van der Waals surface area contributed by atoms with Gasteiger partial charge in [0, 0.05) is 5.22 Å². The van der Waals surface area contributed by atoms with Crippen molar-refractivity contribution in [3.05, 3.63) is 34.5 Å². The average Bonchev–Trinajstić information content (AvgIpc) is 2.00. The van der Waals surface area contributed by atoms with E-state index in [4.69, 9.17) is 6.42 Å². The molecule has 0 spiro atoms. The summed E-state index contributed by atoms with van der Waals surface area (Å²) < 4.78 is 12.0. The Morgan fingerprint density at radius 3 is 2.18 bits per heavy atom. The third-order valence-electron chi connectivity index (χ3n) is 1.36. The second-order valence-corrected chi connectivity index (χ2v) is 2.59. The molecule has 0 heterocycles. The van der Waals surface area contributed by atoms with E-state index in [1.807, 2.05) is 6.07 Å². The molecule has 2 rings (SSSR count). The summed E-state index contributed by atoms with van der Waals surface area (Å²) in [6.07, 6.45) is 4.73. The summed E-state index contributed by atoms with van der Waals surface area (Å²) in [6.45, 7) is 0. The molecule has 0 amide bonds. The predicted octanol–water partition coefficient (Wildman–Crippen LogP) is 2.44. The van der Waals surface area contributed by atoms with Crippen molar-refractivity contribution in [3.8, 4) is 12.3 Å². The summed E-state index contributed by atoms with van der Waals surface area (Å²) in [5, 5.41) is 2.53. The number of benzene rings is 1. The number of hydrogen-bond acceptors (Lipinski definition) is 0. The summed E-state index contributed by atoms with van der Waals surface area (Å²) >= 11 is 3.01. The molecule has 56 valence electrons. The summed E-state index contributed by atoms with van der Waals surface area (Å²) in [5.41, 5.74) is 0. The highest BCUT2D eigenvalue weighted by Crippen LogP contribution is 2.12. The van der Waals surface area contributed by atoms with Crippen LogP contribution in [0, 0.1) is 28.6 Å². The molecular weight excluding hydrogens is 207 g/mol. The summed E-state index contributed by atoms with van der Waals surface area (Å²) in [5.74, 6) is 2.29. The lowest BCUT2D eigenvalue weighted by molar-refractivity contribution is 0.605.